The van der Waals surface area contributed by atoms with Crippen LogP contribution in [0.4, 0.5) is 8.78 Å². The molecule has 0 radical (unpaired) electrons. The van der Waals surface area contributed by atoms with Crippen LogP contribution in [0.3, 0.4) is 0 Å². The molecular weight excluding hydrogens is 418 g/mol. The predicted octanol–water partition coefficient (Wildman–Crippen LogP) is 8.03. The molecule has 26 heavy (non-hydrogen) atoms. The fourth-order valence-electron chi connectivity index (χ4n) is 4.98. The Morgan fingerprint density at radius 2 is 1.54 bits per heavy atom. The lowest BCUT2D eigenvalue weighted by molar-refractivity contribution is 0.152. The molecule has 144 valence electrons. The van der Waals surface area contributed by atoms with E-state index in [4.69, 9.17) is 11.6 Å². The molecule has 2 aliphatic rings. The van der Waals surface area contributed by atoms with Gasteiger partial charge in [-0.15, -0.1) is 0 Å². The summed E-state index contributed by atoms with van der Waals surface area (Å²) in [6.07, 6.45) is 14.1. The van der Waals surface area contributed by atoms with Crippen LogP contribution in [0.5, 0.6) is 0 Å². The molecule has 0 saturated heterocycles. The maximum Gasteiger partial charge on any atom is 0.173 e. The minimum Gasteiger partial charge on any atom is -0.203 e. The summed E-state index contributed by atoms with van der Waals surface area (Å²) in [4.78, 5) is 0. The highest BCUT2D eigenvalue weighted by atomic mass is 79.9. The van der Waals surface area contributed by atoms with E-state index >= 15 is 0 Å². The number of allylic oxidation sites excluding steroid dienone is 1. The van der Waals surface area contributed by atoms with Crippen LogP contribution in [0.2, 0.25) is 0 Å². The number of aryl methyl sites for hydroxylation is 1. The van der Waals surface area contributed by atoms with Crippen molar-refractivity contribution in [1.29, 1.82) is 0 Å². The summed E-state index contributed by atoms with van der Waals surface area (Å²) in [7, 11) is 0. The minimum atomic E-state index is -0.758. The van der Waals surface area contributed by atoms with Gasteiger partial charge in [0, 0.05) is 5.54 Å². The van der Waals surface area contributed by atoms with Crippen LogP contribution in [-0.4, -0.2) is 0 Å². The summed E-state index contributed by atoms with van der Waals surface area (Å²) in [5.41, 5.74) is 2.19. The fourth-order valence-corrected chi connectivity index (χ4v) is 5.49. The fraction of sp³-hybridized carbons (Fsp3) is 0.636. The molecule has 0 N–H and O–H groups in total. The molecule has 0 aliphatic heterocycles. The van der Waals surface area contributed by atoms with E-state index in [9.17, 15) is 8.78 Å². The van der Waals surface area contributed by atoms with E-state index in [0.29, 0.717) is 23.8 Å². The largest absolute Gasteiger partial charge is 0.203 e. The van der Waals surface area contributed by atoms with Gasteiger partial charge in [-0.3, -0.25) is 0 Å². The summed E-state index contributed by atoms with van der Waals surface area (Å²) >= 11 is 8.75. The van der Waals surface area contributed by atoms with Crippen LogP contribution < -0.4 is 0 Å². The topological polar surface area (TPSA) is 0 Å². The first-order valence-electron chi connectivity index (χ1n) is 9.97. The van der Waals surface area contributed by atoms with E-state index in [0.717, 1.165) is 18.3 Å². The first kappa shape index (κ1) is 20.3. The Labute approximate surface area is 169 Å². The van der Waals surface area contributed by atoms with Gasteiger partial charge < -0.3 is 0 Å². The van der Waals surface area contributed by atoms with Gasteiger partial charge in [0.2, 0.25) is 0 Å². The summed E-state index contributed by atoms with van der Waals surface area (Å²) < 4.78 is 27.9. The first-order chi connectivity index (χ1) is 12.6. The Morgan fingerprint density at radius 1 is 0.923 bits per heavy atom. The highest BCUT2D eigenvalue weighted by molar-refractivity contribution is 9.10. The maximum absolute atomic E-state index is 14.0. The molecule has 2 aliphatic carbocycles. The predicted molar refractivity (Wildman–Crippen MR) is 108 cm³/mol. The monoisotopic (exact) mass is 444 g/mol. The van der Waals surface area contributed by atoms with Gasteiger partial charge in [0.15, 0.2) is 11.6 Å². The lowest BCUT2D eigenvalue weighted by Gasteiger charge is -2.37. The summed E-state index contributed by atoms with van der Waals surface area (Å²) in [5, 5.41) is 0. The quantitative estimate of drug-likeness (QED) is 0.402. The van der Waals surface area contributed by atoms with E-state index in [1.807, 2.05) is 0 Å². The third-order valence-corrected chi connectivity index (χ3v) is 7.41. The SMILES string of the molecule is Fc1c(Br)ccc(CCC2CCC(C3CCC(/C=C/Cl)CC3)CC2)c1F. The zero-order valence-electron chi connectivity index (χ0n) is 15.2. The lowest BCUT2D eigenvalue weighted by Crippen LogP contribution is -2.25. The normalized spacial score (nSPS) is 30.0. The second-order valence-electron chi connectivity index (χ2n) is 8.15. The van der Waals surface area contributed by atoms with Crippen LogP contribution in [-0.2, 0) is 6.42 Å². The zero-order chi connectivity index (χ0) is 18.5. The molecule has 0 aromatic heterocycles. The van der Waals surface area contributed by atoms with E-state index in [-0.39, 0.29) is 4.47 Å². The Bertz CT molecular complexity index is 615. The molecule has 2 saturated carbocycles. The van der Waals surface area contributed by atoms with Gasteiger partial charge in [0.25, 0.3) is 0 Å². The highest BCUT2D eigenvalue weighted by Crippen LogP contribution is 2.42. The van der Waals surface area contributed by atoms with Crippen molar-refractivity contribution < 1.29 is 8.78 Å². The highest BCUT2D eigenvalue weighted by Gasteiger charge is 2.30. The molecule has 0 atom stereocenters. The van der Waals surface area contributed by atoms with Crippen molar-refractivity contribution in [2.75, 3.05) is 0 Å². The first-order valence-corrected chi connectivity index (χ1v) is 11.2. The molecule has 4 heteroatoms. The summed E-state index contributed by atoms with van der Waals surface area (Å²) in [6.45, 7) is 0. The average Bonchev–Trinajstić information content (AvgIpc) is 2.67. The third kappa shape index (κ3) is 5.10. The van der Waals surface area contributed by atoms with E-state index in [1.54, 1.807) is 17.7 Å². The maximum atomic E-state index is 14.0. The van der Waals surface area contributed by atoms with Crippen LogP contribution in [0.15, 0.2) is 28.2 Å². The lowest BCUT2D eigenvalue weighted by atomic mass is 9.68. The standard InChI is InChI=1S/C22H28BrClF2/c23-20-12-11-19(21(25)22(20)26)10-5-15-1-6-17(7-2-15)18-8-3-16(4-9-18)13-14-24/h11-18H,1-10H2/b14-13+. The van der Waals surface area contributed by atoms with Crippen molar-refractivity contribution in [3.8, 4) is 0 Å². The van der Waals surface area contributed by atoms with Crippen molar-refractivity contribution in [3.05, 3.63) is 45.4 Å². The van der Waals surface area contributed by atoms with E-state index in [1.165, 1.54) is 51.4 Å². The van der Waals surface area contributed by atoms with Crippen molar-refractivity contribution in [1.82, 2.24) is 0 Å². The van der Waals surface area contributed by atoms with Gasteiger partial charge in [-0.2, -0.15) is 0 Å². The molecular formula is C22H28BrClF2. The molecule has 0 amide bonds. The number of rotatable bonds is 5. The zero-order valence-corrected chi connectivity index (χ0v) is 17.5. The van der Waals surface area contributed by atoms with Crippen LogP contribution in [0.1, 0.15) is 63.4 Å². The van der Waals surface area contributed by atoms with Gasteiger partial charge >= 0.3 is 0 Å². The average molecular weight is 446 g/mol. The van der Waals surface area contributed by atoms with Gasteiger partial charge in [0.05, 0.1) is 4.47 Å². The second kappa shape index (κ2) is 9.68. The molecule has 0 heterocycles. The molecule has 2 fully saturated rings. The molecule has 0 bridgehead atoms. The van der Waals surface area contributed by atoms with Gasteiger partial charge in [-0.1, -0.05) is 36.6 Å². The number of halogens is 4. The Hall–Kier alpha value is -0.410. The van der Waals surface area contributed by atoms with Crippen LogP contribution in [0, 0.1) is 35.3 Å². The third-order valence-electron chi connectivity index (χ3n) is 6.66. The molecule has 0 unspecified atom stereocenters. The molecule has 3 rings (SSSR count). The van der Waals surface area contributed by atoms with E-state index in [2.05, 4.69) is 22.0 Å². The number of benzene rings is 1. The van der Waals surface area contributed by atoms with Gasteiger partial charge in [-0.25, -0.2) is 8.78 Å². The van der Waals surface area contributed by atoms with Gasteiger partial charge in [-0.05, 0) is 103 Å². The van der Waals surface area contributed by atoms with Crippen LogP contribution >= 0.6 is 27.5 Å². The van der Waals surface area contributed by atoms with Gasteiger partial charge in [0.1, 0.15) is 0 Å². The Kier molecular flexibility index (Phi) is 7.57. The van der Waals surface area contributed by atoms with E-state index < -0.39 is 11.6 Å². The molecule has 1 aromatic rings. The van der Waals surface area contributed by atoms with Crippen molar-refractivity contribution >= 4 is 27.5 Å². The summed E-state index contributed by atoms with van der Waals surface area (Å²) in [6, 6.07) is 3.32. The Morgan fingerprint density at radius 3 is 2.15 bits per heavy atom. The number of hydrogen-bond acceptors (Lipinski definition) is 0. The minimum absolute atomic E-state index is 0.204. The van der Waals surface area contributed by atoms with Crippen LogP contribution in [0.25, 0.3) is 0 Å². The molecule has 0 nitrogen and oxygen atoms in total. The second-order valence-corrected chi connectivity index (χ2v) is 9.25. The Balaban J connectivity index is 1.42. The van der Waals surface area contributed by atoms with Crippen molar-refractivity contribution in [2.45, 2.75) is 64.2 Å². The smallest absolute Gasteiger partial charge is 0.173 e. The molecule has 0 spiro atoms. The summed E-state index contributed by atoms with van der Waals surface area (Å²) in [5.74, 6) is 1.65. The van der Waals surface area contributed by atoms with Crippen molar-refractivity contribution in [3.63, 3.8) is 0 Å². The molecule has 1 aromatic carbocycles. The number of hydrogen-bond donors (Lipinski definition) is 0. The van der Waals surface area contributed by atoms with Crippen molar-refractivity contribution in [2.24, 2.45) is 23.7 Å².